The summed E-state index contributed by atoms with van der Waals surface area (Å²) in [6, 6.07) is 6.52. The van der Waals surface area contributed by atoms with Crippen molar-refractivity contribution in [3.05, 3.63) is 29.8 Å². The number of benzene rings is 1. The molecule has 0 saturated heterocycles. The van der Waals surface area contributed by atoms with E-state index >= 15 is 0 Å². The van der Waals surface area contributed by atoms with Crippen molar-refractivity contribution in [2.24, 2.45) is 11.7 Å². The third-order valence-electron chi connectivity index (χ3n) is 2.50. The van der Waals surface area contributed by atoms with Crippen molar-refractivity contribution in [1.29, 1.82) is 0 Å². The third kappa shape index (κ3) is 3.08. The molecule has 0 radical (unpaired) electrons. The molecule has 0 aliphatic heterocycles. The van der Waals surface area contributed by atoms with E-state index in [2.05, 4.69) is 5.32 Å². The Labute approximate surface area is 94.8 Å². The lowest BCUT2D eigenvalue weighted by atomic mass is 10.1. The Morgan fingerprint density at radius 2 is 1.88 bits per heavy atom. The van der Waals surface area contributed by atoms with Gasteiger partial charge in [-0.2, -0.15) is 0 Å². The predicted molar refractivity (Wildman–Crippen MR) is 63.0 cm³/mol. The molecule has 0 aromatic heterocycles. The number of anilines is 1. The van der Waals surface area contributed by atoms with Crippen LogP contribution in [0.3, 0.4) is 0 Å². The first-order chi connectivity index (χ1) is 7.54. The zero-order valence-electron chi connectivity index (χ0n) is 9.49. The van der Waals surface area contributed by atoms with Crippen molar-refractivity contribution in [3.63, 3.8) is 0 Å². The van der Waals surface area contributed by atoms with Crippen LogP contribution in [0, 0.1) is 5.92 Å². The molecule has 3 N–H and O–H groups in total. The summed E-state index contributed by atoms with van der Waals surface area (Å²) < 4.78 is 0. The van der Waals surface area contributed by atoms with Gasteiger partial charge < -0.3 is 11.1 Å². The zero-order valence-corrected chi connectivity index (χ0v) is 9.49. The van der Waals surface area contributed by atoms with Crippen LogP contribution in [0.15, 0.2) is 24.3 Å². The van der Waals surface area contributed by atoms with E-state index in [4.69, 9.17) is 5.73 Å². The summed E-state index contributed by atoms with van der Waals surface area (Å²) in [5, 5.41) is 2.77. The highest BCUT2D eigenvalue weighted by Crippen LogP contribution is 2.11. The monoisotopic (exact) mass is 220 g/mol. The van der Waals surface area contributed by atoms with E-state index in [1.165, 1.54) is 0 Å². The predicted octanol–water partition coefficient (Wildman–Crippen LogP) is 1.77. The third-order valence-corrected chi connectivity index (χ3v) is 2.50. The van der Waals surface area contributed by atoms with Crippen molar-refractivity contribution in [3.8, 4) is 0 Å². The molecule has 0 fully saturated rings. The zero-order chi connectivity index (χ0) is 12.1. The molecule has 1 aromatic rings. The summed E-state index contributed by atoms with van der Waals surface area (Å²) >= 11 is 0. The quantitative estimate of drug-likeness (QED) is 0.811. The first-order valence-corrected chi connectivity index (χ1v) is 5.25. The van der Waals surface area contributed by atoms with Crippen LogP contribution in [0.1, 0.15) is 30.6 Å². The molecule has 86 valence electrons. The van der Waals surface area contributed by atoms with E-state index in [1.54, 1.807) is 24.3 Å². The van der Waals surface area contributed by atoms with Gasteiger partial charge >= 0.3 is 0 Å². The average molecular weight is 220 g/mol. The van der Waals surface area contributed by atoms with E-state index in [0.717, 1.165) is 6.42 Å². The Morgan fingerprint density at radius 3 is 2.31 bits per heavy atom. The molecule has 2 amide bonds. The van der Waals surface area contributed by atoms with Gasteiger partial charge in [0.15, 0.2) is 0 Å². The van der Waals surface area contributed by atoms with Crippen LogP contribution >= 0.6 is 0 Å². The maximum absolute atomic E-state index is 11.6. The number of hydrogen-bond acceptors (Lipinski definition) is 2. The van der Waals surface area contributed by atoms with Gasteiger partial charge in [-0.05, 0) is 30.7 Å². The second-order valence-corrected chi connectivity index (χ2v) is 3.74. The smallest absolute Gasteiger partial charge is 0.248 e. The largest absolute Gasteiger partial charge is 0.366 e. The molecule has 4 nitrogen and oxygen atoms in total. The fraction of sp³-hybridized carbons (Fsp3) is 0.333. The van der Waals surface area contributed by atoms with Crippen molar-refractivity contribution >= 4 is 17.5 Å². The number of amides is 2. The summed E-state index contributed by atoms with van der Waals surface area (Å²) in [5.41, 5.74) is 6.22. The minimum atomic E-state index is -0.472. The number of hydrogen-bond donors (Lipinski definition) is 2. The number of carbonyl (C=O) groups is 2. The standard InChI is InChI=1S/C12H16N2O2/c1-3-8(2)12(16)14-10-6-4-9(5-7-10)11(13)15/h4-8H,3H2,1-2H3,(H2,13,15)(H,14,16)/t8-/m1/s1. The number of nitrogens with two attached hydrogens (primary N) is 1. The Balaban J connectivity index is 2.69. The minimum Gasteiger partial charge on any atom is -0.366 e. The fourth-order valence-corrected chi connectivity index (χ4v) is 1.17. The summed E-state index contributed by atoms with van der Waals surface area (Å²) in [7, 11) is 0. The number of primary amides is 1. The molecular formula is C12H16N2O2. The molecule has 1 atom stereocenters. The molecule has 0 unspecified atom stereocenters. The van der Waals surface area contributed by atoms with E-state index in [1.807, 2.05) is 13.8 Å². The molecule has 4 heteroatoms. The molecule has 1 rings (SSSR count). The number of rotatable bonds is 4. The van der Waals surface area contributed by atoms with Crippen LogP contribution in [0.25, 0.3) is 0 Å². The summed E-state index contributed by atoms with van der Waals surface area (Å²) in [4.78, 5) is 22.4. The molecule has 1 aromatic carbocycles. The van der Waals surface area contributed by atoms with Gasteiger partial charge in [-0.3, -0.25) is 9.59 Å². The Morgan fingerprint density at radius 1 is 1.31 bits per heavy atom. The maximum Gasteiger partial charge on any atom is 0.248 e. The number of carbonyl (C=O) groups excluding carboxylic acids is 2. The molecule has 0 bridgehead atoms. The molecule has 0 aliphatic carbocycles. The van der Waals surface area contributed by atoms with Gasteiger partial charge in [0, 0.05) is 17.2 Å². The van der Waals surface area contributed by atoms with Crippen LogP contribution in [-0.4, -0.2) is 11.8 Å². The lowest BCUT2D eigenvalue weighted by Gasteiger charge is -2.09. The Bertz CT molecular complexity index is 385. The van der Waals surface area contributed by atoms with Crippen molar-refractivity contribution in [2.75, 3.05) is 5.32 Å². The Kier molecular flexibility index (Phi) is 4.05. The van der Waals surface area contributed by atoms with Gasteiger partial charge in [0.2, 0.25) is 11.8 Å². The van der Waals surface area contributed by atoms with E-state index in [-0.39, 0.29) is 11.8 Å². The second-order valence-electron chi connectivity index (χ2n) is 3.74. The lowest BCUT2D eigenvalue weighted by molar-refractivity contribution is -0.119. The normalized spacial score (nSPS) is 11.9. The number of nitrogens with one attached hydrogen (secondary N) is 1. The van der Waals surface area contributed by atoms with Crippen LogP contribution < -0.4 is 11.1 Å². The van der Waals surface area contributed by atoms with Gasteiger partial charge in [0.25, 0.3) is 0 Å². The minimum absolute atomic E-state index is 0.0178. The molecular weight excluding hydrogens is 204 g/mol. The topological polar surface area (TPSA) is 72.2 Å². The van der Waals surface area contributed by atoms with Crippen LogP contribution in [0.2, 0.25) is 0 Å². The summed E-state index contributed by atoms with van der Waals surface area (Å²) in [5.74, 6) is -0.509. The SMILES string of the molecule is CC[C@@H](C)C(=O)Nc1ccc(C(N)=O)cc1. The van der Waals surface area contributed by atoms with Gasteiger partial charge in [-0.25, -0.2) is 0 Å². The lowest BCUT2D eigenvalue weighted by Crippen LogP contribution is -2.19. The maximum atomic E-state index is 11.6. The summed E-state index contributed by atoms with van der Waals surface area (Å²) in [6.07, 6.45) is 0.797. The van der Waals surface area contributed by atoms with E-state index in [9.17, 15) is 9.59 Å². The van der Waals surface area contributed by atoms with Gasteiger partial charge in [-0.15, -0.1) is 0 Å². The molecule has 0 saturated carbocycles. The molecule has 0 heterocycles. The first kappa shape index (κ1) is 12.2. The van der Waals surface area contributed by atoms with Crippen LogP contribution in [0.4, 0.5) is 5.69 Å². The van der Waals surface area contributed by atoms with Gasteiger partial charge in [-0.1, -0.05) is 13.8 Å². The van der Waals surface area contributed by atoms with Crippen LogP contribution in [0.5, 0.6) is 0 Å². The van der Waals surface area contributed by atoms with Crippen molar-refractivity contribution in [2.45, 2.75) is 20.3 Å². The van der Waals surface area contributed by atoms with Gasteiger partial charge in [0.05, 0.1) is 0 Å². The molecule has 16 heavy (non-hydrogen) atoms. The highest BCUT2D eigenvalue weighted by atomic mass is 16.2. The Hall–Kier alpha value is -1.84. The average Bonchev–Trinajstić information content (AvgIpc) is 2.28. The van der Waals surface area contributed by atoms with E-state index < -0.39 is 5.91 Å². The molecule has 0 spiro atoms. The van der Waals surface area contributed by atoms with Crippen molar-refractivity contribution in [1.82, 2.24) is 0 Å². The van der Waals surface area contributed by atoms with Crippen molar-refractivity contribution < 1.29 is 9.59 Å². The summed E-state index contributed by atoms with van der Waals surface area (Å²) in [6.45, 7) is 3.83. The highest BCUT2D eigenvalue weighted by molar-refractivity contribution is 5.95. The van der Waals surface area contributed by atoms with Crippen LogP contribution in [-0.2, 0) is 4.79 Å². The highest BCUT2D eigenvalue weighted by Gasteiger charge is 2.10. The van der Waals surface area contributed by atoms with Gasteiger partial charge in [0.1, 0.15) is 0 Å². The first-order valence-electron chi connectivity index (χ1n) is 5.25. The molecule has 0 aliphatic rings. The van der Waals surface area contributed by atoms with E-state index in [0.29, 0.717) is 11.3 Å². The second kappa shape index (κ2) is 5.30. The fourth-order valence-electron chi connectivity index (χ4n) is 1.17.